The van der Waals surface area contributed by atoms with Crippen LogP contribution in [-0.4, -0.2) is 19.6 Å². The number of nitrogens with one attached hydrogen (secondary N) is 1. The molecule has 0 radical (unpaired) electrons. The minimum atomic E-state index is -0.315. The summed E-state index contributed by atoms with van der Waals surface area (Å²) >= 11 is 12.1. The van der Waals surface area contributed by atoms with Crippen LogP contribution < -0.4 is 14.8 Å². The van der Waals surface area contributed by atoms with Gasteiger partial charge in [0.15, 0.2) is 0 Å². The van der Waals surface area contributed by atoms with E-state index in [0.717, 1.165) is 33.4 Å². The number of amides is 1. The highest BCUT2D eigenvalue weighted by Gasteiger charge is 2.16. The number of hydrogen-bond donors (Lipinski definition) is 1. The maximum absolute atomic E-state index is 12.7. The molecule has 0 bridgehead atoms. The number of hydrogen-bond acceptors (Lipinski definition) is 4. The minimum absolute atomic E-state index is 0.315. The Morgan fingerprint density at radius 3 is 2.68 bits per heavy atom. The third-order valence-corrected chi connectivity index (χ3v) is 5.87. The van der Waals surface area contributed by atoms with Gasteiger partial charge in [-0.3, -0.25) is 4.79 Å². The molecule has 0 fully saturated rings. The van der Waals surface area contributed by atoms with Crippen molar-refractivity contribution >= 4 is 51.3 Å². The third kappa shape index (κ3) is 5.06. The molecule has 0 aliphatic carbocycles. The highest BCUT2D eigenvalue weighted by Crippen LogP contribution is 2.38. The molecule has 1 amide bonds. The number of allylic oxidation sites excluding steroid dienone is 1. The topological polar surface area (TPSA) is 60.7 Å². The zero-order valence-corrected chi connectivity index (χ0v) is 20.5. The van der Waals surface area contributed by atoms with Crippen molar-refractivity contribution in [1.29, 1.82) is 0 Å². The number of benzene rings is 3. The van der Waals surface area contributed by atoms with Gasteiger partial charge in [0.05, 0.1) is 30.7 Å². The normalized spacial score (nSPS) is 11.5. The Kier molecular flexibility index (Phi) is 7.15. The maximum atomic E-state index is 12.7. The van der Waals surface area contributed by atoms with Crippen LogP contribution in [0.3, 0.4) is 0 Å². The second-order valence-corrected chi connectivity index (χ2v) is 8.44. The Morgan fingerprint density at radius 1 is 1.12 bits per heavy atom. The van der Waals surface area contributed by atoms with Crippen molar-refractivity contribution in [2.45, 2.75) is 13.8 Å². The van der Waals surface area contributed by atoms with Crippen molar-refractivity contribution < 1.29 is 18.7 Å². The second-order valence-electron chi connectivity index (χ2n) is 7.60. The fraction of sp³-hybridized carbons (Fsp3) is 0.148. The van der Waals surface area contributed by atoms with Gasteiger partial charge in [-0.1, -0.05) is 35.3 Å². The van der Waals surface area contributed by atoms with Gasteiger partial charge in [0.2, 0.25) is 5.91 Å². The van der Waals surface area contributed by atoms with E-state index in [0.29, 0.717) is 33.7 Å². The largest absolute Gasteiger partial charge is 0.497 e. The first-order valence-corrected chi connectivity index (χ1v) is 11.4. The molecule has 7 heteroatoms. The van der Waals surface area contributed by atoms with E-state index < -0.39 is 0 Å². The van der Waals surface area contributed by atoms with Crippen LogP contribution in [0.5, 0.6) is 11.5 Å². The van der Waals surface area contributed by atoms with Crippen molar-refractivity contribution in [2.75, 3.05) is 19.0 Å². The fourth-order valence-electron chi connectivity index (χ4n) is 3.69. The van der Waals surface area contributed by atoms with Crippen molar-refractivity contribution in [2.24, 2.45) is 0 Å². The van der Waals surface area contributed by atoms with Crippen LogP contribution in [0.1, 0.15) is 19.4 Å². The molecule has 0 aliphatic heterocycles. The van der Waals surface area contributed by atoms with Crippen LogP contribution in [0.15, 0.2) is 71.4 Å². The predicted octanol–water partition coefficient (Wildman–Crippen LogP) is 7.86. The predicted molar refractivity (Wildman–Crippen MR) is 138 cm³/mol. The van der Waals surface area contributed by atoms with Crippen LogP contribution >= 0.6 is 23.2 Å². The summed E-state index contributed by atoms with van der Waals surface area (Å²) in [5.41, 5.74) is 4.57. The number of carbonyl (C=O) groups excluding carboxylic acids is 1. The van der Waals surface area contributed by atoms with Gasteiger partial charge in [-0.2, -0.15) is 0 Å². The van der Waals surface area contributed by atoms with E-state index in [1.165, 1.54) is 6.08 Å². The van der Waals surface area contributed by atoms with E-state index in [1.807, 2.05) is 50.2 Å². The molecule has 1 aromatic heterocycles. The van der Waals surface area contributed by atoms with Crippen LogP contribution in [0.4, 0.5) is 5.69 Å². The third-order valence-electron chi connectivity index (χ3n) is 5.32. The molecule has 0 spiro atoms. The Bertz CT molecular complexity index is 1390. The van der Waals surface area contributed by atoms with E-state index in [-0.39, 0.29) is 5.91 Å². The zero-order chi connectivity index (χ0) is 24.2. The first-order valence-electron chi connectivity index (χ1n) is 10.7. The molecule has 1 heterocycles. The summed E-state index contributed by atoms with van der Waals surface area (Å²) in [5.74, 6) is 1.07. The summed E-state index contributed by atoms with van der Waals surface area (Å²) in [5, 5.41) is 4.56. The zero-order valence-electron chi connectivity index (χ0n) is 18.9. The maximum Gasteiger partial charge on any atom is 0.248 e. The Balaban J connectivity index is 1.73. The lowest BCUT2D eigenvalue weighted by Gasteiger charge is -2.12. The van der Waals surface area contributed by atoms with Gasteiger partial charge in [-0.25, -0.2) is 0 Å². The average Bonchev–Trinajstić information content (AvgIpc) is 3.23. The molecular formula is C27H23Cl2NO4. The molecule has 0 unspecified atom stereocenters. The molecule has 34 heavy (non-hydrogen) atoms. The van der Waals surface area contributed by atoms with E-state index >= 15 is 0 Å². The van der Waals surface area contributed by atoms with Gasteiger partial charge in [0.1, 0.15) is 17.1 Å². The number of anilines is 1. The Labute approximate surface area is 207 Å². The smallest absolute Gasteiger partial charge is 0.248 e. The number of fused-ring (bicyclic) bond motifs is 1. The van der Waals surface area contributed by atoms with Crippen LogP contribution in [0.25, 0.3) is 27.7 Å². The average molecular weight is 496 g/mol. The molecule has 4 rings (SSSR count). The summed E-state index contributed by atoms with van der Waals surface area (Å²) < 4.78 is 17.1. The highest BCUT2D eigenvalue weighted by molar-refractivity contribution is 6.36. The summed E-state index contributed by atoms with van der Waals surface area (Å²) in [6, 6.07) is 16.5. The second kappa shape index (κ2) is 10.2. The van der Waals surface area contributed by atoms with E-state index in [2.05, 4.69) is 5.32 Å². The minimum Gasteiger partial charge on any atom is -0.497 e. The number of carbonyl (C=O) groups is 1. The monoisotopic (exact) mass is 495 g/mol. The molecule has 0 saturated heterocycles. The first-order chi connectivity index (χ1) is 16.4. The summed E-state index contributed by atoms with van der Waals surface area (Å²) in [4.78, 5) is 12.7. The van der Waals surface area contributed by atoms with Gasteiger partial charge < -0.3 is 19.2 Å². The molecule has 1 N–H and O–H groups in total. The van der Waals surface area contributed by atoms with Gasteiger partial charge >= 0.3 is 0 Å². The number of methoxy groups -OCH3 is 1. The lowest BCUT2D eigenvalue weighted by molar-refractivity contribution is -0.111. The van der Waals surface area contributed by atoms with Crippen LogP contribution in [0.2, 0.25) is 10.0 Å². The molecule has 174 valence electrons. The van der Waals surface area contributed by atoms with Gasteiger partial charge in [0, 0.05) is 33.7 Å². The number of ether oxygens (including phenoxy) is 2. The molecular weight excluding hydrogens is 473 g/mol. The molecule has 0 saturated carbocycles. The standard InChI is InChI=1S/C27H23Cl2NO4/c1-4-33-25-14-26-21(22(15-34-26)17-6-5-7-19(11-17)32-3)13-20(25)16(2)10-27(31)30-24-9-8-18(28)12-23(24)29/h5-15H,4H2,1-3H3,(H,30,31)/b16-10+. The van der Waals surface area contributed by atoms with E-state index in [1.54, 1.807) is 31.6 Å². The first kappa shape index (κ1) is 23.7. The number of halogens is 2. The van der Waals surface area contributed by atoms with Crippen LogP contribution in [0, 0.1) is 0 Å². The quantitative estimate of drug-likeness (QED) is 0.265. The SMILES string of the molecule is CCOc1cc2occ(-c3cccc(OC)c3)c2cc1/C(C)=C/C(=O)Nc1ccc(Cl)cc1Cl. The van der Waals surface area contributed by atoms with Crippen molar-refractivity contribution in [3.63, 3.8) is 0 Å². The van der Waals surface area contributed by atoms with Gasteiger partial charge in [-0.05, 0) is 61.4 Å². The van der Waals surface area contributed by atoms with Gasteiger partial charge in [0.25, 0.3) is 0 Å². The van der Waals surface area contributed by atoms with Crippen molar-refractivity contribution in [3.05, 3.63) is 82.5 Å². The summed E-state index contributed by atoms with van der Waals surface area (Å²) in [7, 11) is 1.63. The molecule has 5 nitrogen and oxygen atoms in total. The fourth-order valence-corrected chi connectivity index (χ4v) is 4.14. The molecule has 3 aromatic carbocycles. The molecule has 4 aromatic rings. The van der Waals surface area contributed by atoms with E-state index in [9.17, 15) is 4.79 Å². The number of furan rings is 1. The Hall–Kier alpha value is -3.41. The van der Waals surface area contributed by atoms with Crippen molar-refractivity contribution in [3.8, 4) is 22.6 Å². The highest BCUT2D eigenvalue weighted by atomic mass is 35.5. The van der Waals surface area contributed by atoms with Gasteiger partial charge in [-0.15, -0.1) is 0 Å². The molecule has 0 atom stereocenters. The van der Waals surface area contributed by atoms with Crippen molar-refractivity contribution in [1.82, 2.24) is 0 Å². The van der Waals surface area contributed by atoms with E-state index in [4.69, 9.17) is 37.1 Å². The van der Waals surface area contributed by atoms with Crippen LogP contribution in [-0.2, 0) is 4.79 Å². The summed E-state index contributed by atoms with van der Waals surface area (Å²) in [6.45, 7) is 4.24. The molecule has 0 aliphatic rings. The number of rotatable bonds is 7. The Morgan fingerprint density at radius 2 is 1.94 bits per heavy atom. The lowest BCUT2D eigenvalue weighted by Crippen LogP contribution is -2.09. The summed E-state index contributed by atoms with van der Waals surface area (Å²) in [6.07, 6.45) is 3.23. The lowest BCUT2D eigenvalue weighted by atomic mass is 9.99.